The highest BCUT2D eigenvalue weighted by molar-refractivity contribution is 6.27. The number of carbonyl (C=O) groups excluding carboxylic acids is 3. The lowest BCUT2D eigenvalue weighted by Crippen LogP contribution is -2.60. The van der Waals surface area contributed by atoms with Crippen molar-refractivity contribution >= 4 is 23.6 Å². The van der Waals surface area contributed by atoms with E-state index in [-0.39, 0.29) is 6.54 Å². The molecule has 1 aliphatic rings. The molecule has 1 N–H and O–H groups in total. The molecule has 1 atom stereocenters. The average molecular weight is 319 g/mol. The van der Waals surface area contributed by atoms with Crippen molar-refractivity contribution < 1.29 is 18.8 Å². The number of furan rings is 1. The van der Waals surface area contributed by atoms with E-state index < -0.39 is 23.8 Å². The zero-order valence-corrected chi connectivity index (χ0v) is 13.4. The molecule has 1 aliphatic heterocycles. The summed E-state index contributed by atoms with van der Waals surface area (Å²) in [5, 5.41) is 2.25. The van der Waals surface area contributed by atoms with Crippen LogP contribution in [0.2, 0.25) is 0 Å². The maximum absolute atomic E-state index is 12.6. The van der Waals surface area contributed by atoms with Gasteiger partial charge in [-0.1, -0.05) is 20.3 Å². The maximum atomic E-state index is 12.6. The second-order valence-electron chi connectivity index (χ2n) is 5.31. The van der Waals surface area contributed by atoms with Crippen LogP contribution >= 0.6 is 0 Å². The van der Waals surface area contributed by atoms with Gasteiger partial charge >= 0.3 is 6.03 Å². The first-order valence-corrected chi connectivity index (χ1v) is 7.80. The largest absolute Gasteiger partial charge is 0.467 e. The van der Waals surface area contributed by atoms with Gasteiger partial charge in [-0.3, -0.25) is 24.8 Å². The van der Waals surface area contributed by atoms with Crippen LogP contribution in [-0.4, -0.2) is 35.0 Å². The van der Waals surface area contributed by atoms with Crippen LogP contribution in [-0.2, 0) is 16.1 Å². The molecule has 0 aliphatic carbocycles. The number of hydrogen-bond donors (Lipinski definition) is 1. The topological polar surface area (TPSA) is 92.0 Å². The zero-order chi connectivity index (χ0) is 16.8. The molecular weight excluding hydrogens is 298 g/mol. The summed E-state index contributed by atoms with van der Waals surface area (Å²) < 4.78 is 5.20. The van der Waals surface area contributed by atoms with Crippen molar-refractivity contribution in [2.75, 3.05) is 6.54 Å². The molecule has 0 radical (unpaired) electrons. The number of unbranched alkanes of at least 4 members (excludes halogenated alkanes) is 1. The Kier molecular flexibility index (Phi) is 5.67. The summed E-state index contributed by atoms with van der Waals surface area (Å²) in [6.07, 6.45) is 3.54. The molecule has 2 rings (SSSR count). The number of nitrogens with zero attached hydrogens (tertiary/aromatic N) is 2. The van der Waals surface area contributed by atoms with E-state index in [2.05, 4.69) is 10.3 Å². The number of rotatable bonds is 7. The van der Waals surface area contributed by atoms with Crippen LogP contribution in [0.15, 0.2) is 27.8 Å². The van der Waals surface area contributed by atoms with E-state index in [9.17, 15) is 14.4 Å². The standard InChI is InChI=1S/C16H21N3O4/c1-3-5-8-19-15(21)13(14(20)18-16(19)22)12(4-2)17-10-11-7-6-9-23-11/h6-7,9,13H,3-5,8,10H2,1-2H3,(H,18,20,22)/t13-/m0/s1. The van der Waals surface area contributed by atoms with Gasteiger partial charge in [-0.05, 0) is 25.0 Å². The van der Waals surface area contributed by atoms with Crippen molar-refractivity contribution in [3.63, 3.8) is 0 Å². The van der Waals surface area contributed by atoms with Crippen molar-refractivity contribution in [2.24, 2.45) is 10.9 Å². The molecular formula is C16H21N3O4. The second-order valence-corrected chi connectivity index (χ2v) is 5.31. The highest BCUT2D eigenvalue weighted by atomic mass is 16.3. The monoisotopic (exact) mass is 319 g/mol. The molecule has 0 spiro atoms. The van der Waals surface area contributed by atoms with Gasteiger partial charge in [0.1, 0.15) is 5.76 Å². The molecule has 1 aromatic heterocycles. The Bertz CT molecular complexity index is 607. The quantitative estimate of drug-likeness (QED) is 0.615. The first-order chi connectivity index (χ1) is 11.1. The highest BCUT2D eigenvalue weighted by Crippen LogP contribution is 2.16. The molecule has 0 saturated carbocycles. The molecule has 1 aromatic rings. The smallest absolute Gasteiger partial charge is 0.330 e. The summed E-state index contributed by atoms with van der Waals surface area (Å²) in [5.74, 6) is -1.48. The van der Waals surface area contributed by atoms with Crippen molar-refractivity contribution in [3.8, 4) is 0 Å². The Balaban J connectivity index is 2.19. The van der Waals surface area contributed by atoms with Gasteiger partial charge in [-0.25, -0.2) is 4.79 Å². The van der Waals surface area contributed by atoms with E-state index in [1.807, 2.05) is 13.8 Å². The summed E-state index contributed by atoms with van der Waals surface area (Å²) in [6, 6.07) is 2.88. The lowest BCUT2D eigenvalue weighted by molar-refractivity contribution is -0.139. The Morgan fingerprint density at radius 2 is 2.13 bits per heavy atom. The minimum absolute atomic E-state index is 0.260. The molecule has 23 heavy (non-hydrogen) atoms. The maximum Gasteiger partial charge on any atom is 0.330 e. The van der Waals surface area contributed by atoms with E-state index in [1.54, 1.807) is 18.4 Å². The molecule has 2 heterocycles. The minimum Gasteiger partial charge on any atom is -0.467 e. The molecule has 4 amide bonds. The van der Waals surface area contributed by atoms with Gasteiger partial charge in [-0.15, -0.1) is 0 Å². The Labute approximate surface area is 134 Å². The number of carbonyl (C=O) groups is 3. The predicted molar refractivity (Wildman–Crippen MR) is 83.8 cm³/mol. The lowest BCUT2D eigenvalue weighted by Gasteiger charge is -2.30. The van der Waals surface area contributed by atoms with Crippen molar-refractivity contribution in [3.05, 3.63) is 24.2 Å². The molecule has 0 bridgehead atoms. The number of imide groups is 2. The minimum atomic E-state index is -1.04. The van der Waals surface area contributed by atoms with E-state index >= 15 is 0 Å². The van der Waals surface area contributed by atoms with Crippen molar-refractivity contribution in [1.82, 2.24) is 10.2 Å². The van der Waals surface area contributed by atoms with Crippen LogP contribution in [0.3, 0.4) is 0 Å². The first kappa shape index (κ1) is 16.9. The molecule has 7 nitrogen and oxygen atoms in total. The van der Waals surface area contributed by atoms with Gasteiger partial charge in [0, 0.05) is 12.3 Å². The Morgan fingerprint density at radius 1 is 1.35 bits per heavy atom. The number of amides is 4. The first-order valence-electron chi connectivity index (χ1n) is 7.80. The van der Waals surface area contributed by atoms with E-state index in [0.29, 0.717) is 30.9 Å². The molecule has 7 heteroatoms. The molecule has 124 valence electrons. The van der Waals surface area contributed by atoms with E-state index in [4.69, 9.17) is 4.42 Å². The van der Waals surface area contributed by atoms with Gasteiger partial charge in [0.25, 0.3) is 0 Å². The molecule has 0 aromatic carbocycles. The van der Waals surface area contributed by atoms with Crippen LogP contribution in [0.25, 0.3) is 0 Å². The average Bonchev–Trinajstić information content (AvgIpc) is 3.03. The molecule has 0 unspecified atom stereocenters. The summed E-state index contributed by atoms with van der Waals surface area (Å²) in [6.45, 7) is 4.36. The van der Waals surface area contributed by atoms with Gasteiger partial charge in [0.2, 0.25) is 11.8 Å². The lowest BCUT2D eigenvalue weighted by atomic mass is 9.96. The van der Waals surface area contributed by atoms with E-state index in [1.165, 1.54) is 0 Å². The van der Waals surface area contributed by atoms with Gasteiger partial charge < -0.3 is 4.42 Å². The summed E-state index contributed by atoms with van der Waals surface area (Å²) in [4.78, 5) is 42.0. The third-order valence-electron chi connectivity index (χ3n) is 3.70. The van der Waals surface area contributed by atoms with Gasteiger partial charge in [-0.2, -0.15) is 0 Å². The fourth-order valence-electron chi connectivity index (χ4n) is 2.42. The third kappa shape index (κ3) is 3.85. The van der Waals surface area contributed by atoms with Crippen molar-refractivity contribution in [1.29, 1.82) is 0 Å². The zero-order valence-electron chi connectivity index (χ0n) is 13.4. The third-order valence-corrected chi connectivity index (χ3v) is 3.70. The van der Waals surface area contributed by atoms with Gasteiger partial charge in [0.05, 0.1) is 12.8 Å². The molecule has 1 fully saturated rings. The highest BCUT2D eigenvalue weighted by Gasteiger charge is 2.42. The van der Waals surface area contributed by atoms with Crippen LogP contribution in [0.1, 0.15) is 38.9 Å². The second kappa shape index (κ2) is 7.71. The fraction of sp³-hybridized carbons (Fsp3) is 0.500. The summed E-state index contributed by atoms with van der Waals surface area (Å²) >= 11 is 0. The number of barbiturate groups is 1. The normalized spacial score (nSPS) is 19.2. The van der Waals surface area contributed by atoms with Crippen LogP contribution in [0, 0.1) is 5.92 Å². The summed E-state index contributed by atoms with van der Waals surface area (Å²) in [5.41, 5.74) is 0.456. The van der Waals surface area contributed by atoms with Crippen LogP contribution in [0.4, 0.5) is 4.79 Å². The predicted octanol–water partition coefficient (Wildman–Crippen LogP) is 2.13. The van der Waals surface area contributed by atoms with Crippen LogP contribution in [0.5, 0.6) is 0 Å². The number of nitrogens with one attached hydrogen (secondary N) is 1. The molecule has 1 saturated heterocycles. The van der Waals surface area contributed by atoms with Crippen molar-refractivity contribution in [2.45, 2.75) is 39.7 Å². The Morgan fingerprint density at radius 3 is 2.74 bits per heavy atom. The van der Waals surface area contributed by atoms with Gasteiger partial charge in [0.15, 0.2) is 5.92 Å². The number of hydrogen-bond acceptors (Lipinski definition) is 5. The van der Waals surface area contributed by atoms with Crippen LogP contribution < -0.4 is 5.32 Å². The number of urea groups is 1. The fourth-order valence-corrected chi connectivity index (χ4v) is 2.42. The summed E-state index contributed by atoms with van der Waals surface area (Å²) in [7, 11) is 0. The SMILES string of the molecule is CCCCN1C(=O)NC(=O)[C@H](C(CC)=NCc2ccco2)C1=O. The Hall–Kier alpha value is -2.44. The number of aliphatic imine (C=N–C) groups is 1. The van der Waals surface area contributed by atoms with E-state index in [0.717, 1.165) is 11.3 Å².